The molecule has 0 saturated heterocycles. The molecule has 1 rings (SSSR count). The molecule has 2 N–H and O–H groups in total. The van der Waals surface area contributed by atoms with Gasteiger partial charge in [-0.05, 0) is 13.5 Å². The number of imidazole rings is 1. The molecule has 0 aliphatic rings. The highest BCUT2D eigenvalue weighted by Gasteiger charge is 2.07. The Labute approximate surface area is 71.2 Å². The Morgan fingerprint density at radius 2 is 2.27 bits per heavy atom. The maximum atomic E-state index is 5.89. The molecule has 0 bridgehead atoms. The summed E-state index contributed by atoms with van der Waals surface area (Å²) in [6, 6.07) is 0. The highest BCUT2D eigenvalue weighted by atomic mass is 35.5. The number of rotatable bonds is 2. The molecule has 62 valence electrons. The third kappa shape index (κ3) is 1.54. The molecule has 0 radical (unpaired) electrons. The van der Waals surface area contributed by atoms with Gasteiger partial charge in [-0.15, -0.1) is 0 Å². The lowest BCUT2D eigenvalue weighted by Gasteiger charge is -1.98. The van der Waals surface area contributed by atoms with E-state index in [0.29, 0.717) is 11.7 Å². The quantitative estimate of drug-likeness (QED) is 0.722. The molecule has 4 heteroatoms. The smallest absolute Gasteiger partial charge is 0.131 e. The number of aryl methyl sites for hydroxylation is 1. The summed E-state index contributed by atoms with van der Waals surface area (Å²) in [6.07, 6.45) is 0.782. The van der Waals surface area contributed by atoms with Gasteiger partial charge in [0.25, 0.3) is 0 Å². The Hall–Kier alpha value is -0.540. The molecule has 11 heavy (non-hydrogen) atoms. The minimum absolute atomic E-state index is 0.612. The summed E-state index contributed by atoms with van der Waals surface area (Å²) in [5, 5.41) is 0.702. The first-order valence-corrected chi connectivity index (χ1v) is 3.92. The number of nitrogens with zero attached hydrogens (tertiary/aromatic N) is 2. The van der Waals surface area contributed by atoms with Gasteiger partial charge in [-0.25, -0.2) is 4.98 Å². The topological polar surface area (TPSA) is 43.8 Å². The standard InChI is InChI=1S/C7H12ClN3/c1-5-7(8)11(2)6(10-5)3-4-9/h3-4,9H2,1-2H3. The lowest BCUT2D eigenvalue weighted by atomic mass is 10.4. The first kappa shape index (κ1) is 8.56. The maximum absolute atomic E-state index is 5.89. The summed E-state index contributed by atoms with van der Waals surface area (Å²) in [6.45, 7) is 2.50. The van der Waals surface area contributed by atoms with Crippen LogP contribution < -0.4 is 5.73 Å². The first-order chi connectivity index (χ1) is 5.16. The summed E-state index contributed by atoms with van der Waals surface area (Å²) < 4.78 is 1.86. The van der Waals surface area contributed by atoms with Crippen molar-refractivity contribution in [2.24, 2.45) is 12.8 Å². The van der Waals surface area contributed by atoms with Crippen LogP contribution in [-0.2, 0) is 13.5 Å². The van der Waals surface area contributed by atoms with E-state index in [1.54, 1.807) is 0 Å². The van der Waals surface area contributed by atoms with E-state index in [1.807, 2.05) is 18.5 Å². The van der Waals surface area contributed by atoms with E-state index in [9.17, 15) is 0 Å². The van der Waals surface area contributed by atoms with E-state index >= 15 is 0 Å². The number of nitrogens with two attached hydrogens (primary N) is 1. The number of hydrogen-bond acceptors (Lipinski definition) is 2. The SMILES string of the molecule is Cc1nc(CCN)n(C)c1Cl. The second kappa shape index (κ2) is 3.24. The minimum atomic E-state index is 0.612. The molecule has 1 aromatic rings. The summed E-state index contributed by atoms with van der Waals surface area (Å²) in [7, 11) is 1.90. The molecule has 0 spiro atoms. The van der Waals surface area contributed by atoms with Gasteiger partial charge in [-0.3, -0.25) is 0 Å². The van der Waals surface area contributed by atoms with Crippen molar-refractivity contribution in [1.82, 2.24) is 9.55 Å². The molecule has 3 nitrogen and oxygen atoms in total. The maximum Gasteiger partial charge on any atom is 0.131 e. The van der Waals surface area contributed by atoms with Crippen LogP contribution in [0.3, 0.4) is 0 Å². The third-order valence-electron chi connectivity index (χ3n) is 1.64. The van der Waals surface area contributed by atoms with E-state index < -0.39 is 0 Å². The highest BCUT2D eigenvalue weighted by molar-refractivity contribution is 6.30. The Kier molecular flexibility index (Phi) is 2.52. The van der Waals surface area contributed by atoms with E-state index in [1.165, 1.54) is 0 Å². The monoisotopic (exact) mass is 173 g/mol. The first-order valence-electron chi connectivity index (χ1n) is 3.54. The van der Waals surface area contributed by atoms with Crippen LogP contribution in [0.4, 0.5) is 0 Å². The van der Waals surface area contributed by atoms with Crippen molar-refractivity contribution in [1.29, 1.82) is 0 Å². The predicted octanol–water partition coefficient (Wildman–Crippen LogP) is 0.883. The average molecular weight is 174 g/mol. The van der Waals surface area contributed by atoms with Crippen LogP contribution in [0.15, 0.2) is 0 Å². The fraction of sp³-hybridized carbons (Fsp3) is 0.571. The highest BCUT2D eigenvalue weighted by Crippen LogP contribution is 2.14. The molecular formula is C7H12ClN3. The van der Waals surface area contributed by atoms with Gasteiger partial charge in [0, 0.05) is 13.5 Å². The van der Waals surface area contributed by atoms with Crippen molar-refractivity contribution < 1.29 is 0 Å². The van der Waals surface area contributed by atoms with Crippen LogP contribution in [0.2, 0.25) is 5.15 Å². The summed E-state index contributed by atoms with van der Waals surface area (Å²) >= 11 is 5.89. The zero-order chi connectivity index (χ0) is 8.43. The molecule has 0 aliphatic carbocycles. The minimum Gasteiger partial charge on any atom is -0.330 e. The average Bonchev–Trinajstić information content (AvgIpc) is 2.19. The van der Waals surface area contributed by atoms with Crippen LogP contribution in [0.25, 0.3) is 0 Å². The number of hydrogen-bond donors (Lipinski definition) is 1. The van der Waals surface area contributed by atoms with Gasteiger partial charge in [0.15, 0.2) is 0 Å². The Morgan fingerprint density at radius 3 is 2.64 bits per heavy atom. The molecular weight excluding hydrogens is 162 g/mol. The van der Waals surface area contributed by atoms with Gasteiger partial charge in [0.1, 0.15) is 11.0 Å². The Morgan fingerprint density at radius 1 is 1.64 bits per heavy atom. The van der Waals surface area contributed by atoms with E-state index in [4.69, 9.17) is 17.3 Å². The molecule has 0 aliphatic heterocycles. The van der Waals surface area contributed by atoms with Crippen molar-refractivity contribution >= 4 is 11.6 Å². The molecule has 0 unspecified atom stereocenters. The number of halogens is 1. The van der Waals surface area contributed by atoms with Crippen molar-refractivity contribution in [2.75, 3.05) is 6.54 Å². The van der Waals surface area contributed by atoms with Crippen LogP contribution in [0, 0.1) is 6.92 Å². The summed E-state index contributed by atoms with van der Waals surface area (Å²) in [5.41, 5.74) is 6.27. The zero-order valence-corrected chi connectivity index (χ0v) is 7.52. The lowest BCUT2D eigenvalue weighted by Crippen LogP contribution is -2.07. The zero-order valence-electron chi connectivity index (χ0n) is 6.76. The fourth-order valence-corrected chi connectivity index (χ4v) is 1.16. The molecule has 0 fully saturated rings. The van der Waals surface area contributed by atoms with Crippen LogP contribution in [0.1, 0.15) is 11.5 Å². The lowest BCUT2D eigenvalue weighted by molar-refractivity contribution is 0.778. The van der Waals surface area contributed by atoms with Gasteiger partial charge >= 0.3 is 0 Å². The van der Waals surface area contributed by atoms with E-state index in [0.717, 1.165) is 17.9 Å². The van der Waals surface area contributed by atoms with Crippen LogP contribution in [0.5, 0.6) is 0 Å². The fourth-order valence-electron chi connectivity index (χ4n) is 1.02. The predicted molar refractivity (Wildman–Crippen MR) is 45.7 cm³/mol. The van der Waals surface area contributed by atoms with E-state index in [-0.39, 0.29) is 0 Å². The van der Waals surface area contributed by atoms with E-state index in [2.05, 4.69) is 4.98 Å². The second-order valence-corrected chi connectivity index (χ2v) is 2.86. The Bertz CT molecular complexity index is 254. The van der Waals surface area contributed by atoms with Crippen LogP contribution in [-0.4, -0.2) is 16.1 Å². The summed E-state index contributed by atoms with van der Waals surface area (Å²) in [4.78, 5) is 4.25. The largest absolute Gasteiger partial charge is 0.330 e. The van der Waals surface area contributed by atoms with Crippen molar-refractivity contribution in [3.05, 3.63) is 16.7 Å². The molecule has 0 saturated carbocycles. The third-order valence-corrected chi connectivity index (χ3v) is 2.17. The second-order valence-electron chi connectivity index (χ2n) is 2.50. The molecule has 1 heterocycles. The van der Waals surface area contributed by atoms with Gasteiger partial charge in [0.2, 0.25) is 0 Å². The molecule has 1 aromatic heterocycles. The Balaban J connectivity index is 2.98. The molecule has 0 amide bonds. The van der Waals surface area contributed by atoms with Gasteiger partial charge in [-0.1, -0.05) is 11.6 Å². The molecule has 0 aromatic carbocycles. The van der Waals surface area contributed by atoms with Crippen molar-refractivity contribution in [2.45, 2.75) is 13.3 Å². The van der Waals surface area contributed by atoms with Crippen molar-refractivity contribution in [3.63, 3.8) is 0 Å². The van der Waals surface area contributed by atoms with Gasteiger partial charge in [-0.2, -0.15) is 0 Å². The van der Waals surface area contributed by atoms with Crippen molar-refractivity contribution in [3.8, 4) is 0 Å². The van der Waals surface area contributed by atoms with Gasteiger partial charge in [0.05, 0.1) is 5.69 Å². The number of aromatic nitrogens is 2. The molecule has 0 atom stereocenters. The summed E-state index contributed by atoms with van der Waals surface area (Å²) in [5.74, 6) is 0.954. The van der Waals surface area contributed by atoms with Crippen LogP contribution >= 0.6 is 11.6 Å². The normalized spacial score (nSPS) is 10.5. The van der Waals surface area contributed by atoms with Gasteiger partial charge < -0.3 is 10.3 Å².